The third kappa shape index (κ3) is 0.781. The van der Waals surface area contributed by atoms with Crippen LogP contribution < -0.4 is 0 Å². The zero-order valence-corrected chi connectivity index (χ0v) is 5.54. The molecule has 0 aliphatic rings. The maximum atomic E-state index is 3.15. The minimum Gasteiger partial charge on any atom is -0.0616 e. The van der Waals surface area contributed by atoms with Crippen molar-refractivity contribution in [2.24, 2.45) is 0 Å². The second-order valence-corrected chi connectivity index (χ2v) is 2.26. The molecule has 0 fully saturated rings. The Bertz CT molecular complexity index is 271. The van der Waals surface area contributed by atoms with Crippen LogP contribution in [0, 0.1) is 6.07 Å². The molecule has 2 aromatic rings. The van der Waals surface area contributed by atoms with Gasteiger partial charge < -0.3 is 0 Å². The van der Waals surface area contributed by atoms with Crippen LogP contribution in [0.4, 0.5) is 0 Å². The van der Waals surface area contributed by atoms with Crippen molar-refractivity contribution in [2.75, 3.05) is 0 Å². The molecule has 1 radical (unpaired) electrons. The van der Waals surface area contributed by atoms with Gasteiger partial charge in [0.1, 0.15) is 0 Å². The summed E-state index contributed by atoms with van der Waals surface area (Å²) in [5.74, 6) is 0. The van der Waals surface area contributed by atoms with Gasteiger partial charge in [-0.3, -0.25) is 0 Å². The molecule has 2 rings (SSSR count). The molecule has 0 aliphatic heterocycles. The average molecular weight is 127 g/mol. The molecule has 0 nitrogen and oxygen atoms in total. The van der Waals surface area contributed by atoms with Gasteiger partial charge in [0.05, 0.1) is 0 Å². The molecule has 10 heavy (non-hydrogen) atoms. The van der Waals surface area contributed by atoms with Crippen LogP contribution in [0.1, 0.15) is 0 Å². The first-order valence-electron chi connectivity index (χ1n) is 3.32. The van der Waals surface area contributed by atoms with Crippen LogP contribution >= 0.6 is 0 Å². The van der Waals surface area contributed by atoms with Gasteiger partial charge in [0.2, 0.25) is 0 Å². The van der Waals surface area contributed by atoms with Crippen molar-refractivity contribution in [1.82, 2.24) is 0 Å². The average Bonchev–Trinajstić information content (AvgIpc) is 2.05. The SMILES string of the molecule is [c]1cccc2ccccc12. The zero-order valence-electron chi connectivity index (χ0n) is 5.54. The van der Waals surface area contributed by atoms with Crippen molar-refractivity contribution in [3.8, 4) is 0 Å². The molecule has 0 saturated carbocycles. The molecule has 0 N–H and O–H groups in total. The van der Waals surface area contributed by atoms with Crippen LogP contribution in [-0.4, -0.2) is 0 Å². The highest BCUT2D eigenvalue weighted by Gasteiger charge is 1.85. The normalized spacial score (nSPS) is 10.0. The van der Waals surface area contributed by atoms with Gasteiger partial charge in [0, 0.05) is 0 Å². The maximum absolute atomic E-state index is 3.15. The van der Waals surface area contributed by atoms with Gasteiger partial charge in [-0.25, -0.2) is 0 Å². The van der Waals surface area contributed by atoms with Gasteiger partial charge >= 0.3 is 0 Å². The maximum Gasteiger partial charge on any atom is -0.00992 e. The molecule has 0 heteroatoms. The lowest BCUT2D eigenvalue weighted by Crippen LogP contribution is -1.67. The first-order valence-corrected chi connectivity index (χ1v) is 3.32. The minimum atomic E-state index is 1.19. The number of hydrogen-bond donors (Lipinski definition) is 0. The summed E-state index contributed by atoms with van der Waals surface area (Å²) in [6, 6.07) is 17.4. The fourth-order valence-electron chi connectivity index (χ4n) is 1.06. The summed E-state index contributed by atoms with van der Waals surface area (Å²) in [7, 11) is 0. The third-order valence-corrected chi connectivity index (χ3v) is 1.57. The van der Waals surface area contributed by atoms with Crippen LogP contribution in [-0.2, 0) is 0 Å². The Hall–Kier alpha value is -1.30. The van der Waals surface area contributed by atoms with Crippen LogP contribution in [0.2, 0.25) is 0 Å². The van der Waals surface area contributed by atoms with E-state index in [4.69, 9.17) is 0 Å². The Morgan fingerprint density at radius 3 is 2.60 bits per heavy atom. The van der Waals surface area contributed by atoms with E-state index < -0.39 is 0 Å². The predicted molar refractivity (Wildman–Crippen MR) is 42.8 cm³/mol. The lowest BCUT2D eigenvalue weighted by molar-refractivity contribution is 1.74. The quantitative estimate of drug-likeness (QED) is 0.510. The minimum absolute atomic E-state index is 1.19. The highest BCUT2D eigenvalue weighted by atomic mass is 13.9. The van der Waals surface area contributed by atoms with Crippen molar-refractivity contribution in [1.29, 1.82) is 0 Å². The summed E-state index contributed by atoms with van der Waals surface area (Å²) in [5.41, 5.74) is 0. The summed E-state index contributed by atoms with van der Waals surface area (Å²) < 4.78 is 0. The molecule has 0 heterocycles. The summed E-state index contributed by atoms with van der Waals surface area (Å²) in [6.07, 6.45) is 0. The van der Waals surface area contributed by atoms with Crippen molar-refractivity contribution < 1.29 is 0 Å². The lowest BCUT2D eigenvalue weighted by atomic mass is 10.1. The van der Waals surface area contributed by atoms with Crippen molar-refractivity contribution in [3.05, 3.63) is 48.5 Å². The van der Waals surface area contributed by atoms with Crippen LogP contribution in [0.5, 0.6) is 0 Å². The van der Waals surface area contributed by atoms with Crippen LogP contribution in [0.3, 0.4) is 0 Å². The van der Waals surface area contributed by atoms with Crippen LogP contribution in [0.15, 0.2) is 42.5 Å². The molecule has 0 spiro atoms. The molecule has 0 atom stereocenters. The summed E-state index contributed by atoms with van der Waals surface area (Å²) in [6.45, 7) is 0. The predicted octanol–water partition coefficient (Wildman–Crippen LogP) is 2.64. The van der Waals surface area contributed by atoms with Crippen LogP contribution in [0.25, 0.3) is 10.8 Å². The highest BCUT2D eigenvalue weighted by molar-refractivity contribution is 5.81. The standard InChI is InChI=1S/C10H7/c1-2-6-10-8-4-3-7-9(10)5-1/h1-7H. The molecule has 0 unspecified atom stereocenters. The van der Waals surface area contributed by atoms with Gasteiger partial charge in [0.15, 0.2) is 0 Å². The first-order chi connectivity index (χ1) is 4.97. The molecular formula is C10H7. The number of fused-ring (bicyclic) bond motifs is 1. The third-order valence-electron chi connectivity index (χ3n) is 1.57. The smallest absolute Gasteiger partial charge is 0.00992 e. The Morgan fingerprint density at radius 2 is 1.70 bits per heavy atom. The lowest BCUT2D eigenvalue weighted by Gasteiger charge is -1.91. The molecule has 0 aliphatic carbocycles. The molecule has 0 bridgehead atoms. The second-order valence-electron chi connectivity index (χ2n) is 2.26. The van der Waals surface area contributed by atoms with E-state index in [9.17, 15) is 0 Å². The monoisotopic (exact) mass is 127 g/mol. The highest BCUT2D eigenvalue weighted by Crippen LogP contribution is 2.10. The summed E-state index contributed by atoms with van der Waals surface area (Å²) in [5, 5.41) is 2.44. The molecule has 47 valence electrons. The van der Waals surface area contributed by atoms with Gasteiger partial charge in [-0.05, 0) is 16.8 Å². The molecule has 0 aromatic heterocycles. The molecule has 2 aromatic carbocycles. The molecule has 0 saturated heterocycles. The van der Waals surface area contributed by atoms with Crippen molar-refractivity contribution in [2.45, 2.75) is 0 Å². The Kier molecular flexibility index (Phi) is 1.17. The Labute approximate surface area is 60.1 Å². The summed E-state index contributed by atoms with van der Waals surface area (Å²) in [4.78, 5) is 0. The van der Waals surface area contributed by atoms with Crippen molar-refractivity contribution >= 4 is 10.8 Å². The van der Waals surface area contributed by atoms with E-state index >= 15 is 0 Å². The van der Waals surface area contributed by atoms with E-state index in [1.807, 2.05) is 24.3 Å². The number of rotatable bonds is 0. The van der Waals surface area contributed by atoms with E-state index in [1.165, 1.54) is 10.8 Å². The van der Waals surface area contributed by atoms with E-state index in [2.05, 4.69) is 24.3 Å². The summed E-state index contributed by atoms with van der Waals surface area (Å²) >= 11 is 0. The first kappa shape index (κ1) is 5.48. The van der Waals surface area contributed by atoms with E-state index in [0.29, 0.717) is 0 Å². The van der Waals surface area contributed by atoms with Gasteiger partial charge in [-0.15, -0.1) is 0 Å². The van der Waals surface area contributed by atoms with Gasteiger partial charge in [-0.1, -0.05) is 42.5 Å². The van der Waals surface area contributed by atoms with Gasteiger partial charge in [-0.2, -0.15) is 0 Å². The topological polar surface area (TPSA) is 0 Å². The fraction of sp³-hybridized carbons (Fsp3) is 0. The number of benzene rings is 2. The van der Waals surface area contributed by atoms with E-state index in [0.717, 1.165) is 0 Å². The van der Waals surface area contributed by atoms with Crippen molar-refractivity contribution in [3.63, 3.8) is 0 Å². The largest absolute Gasteiger partial charge is 0.0616 e. The molecule has 0 amide bonds. The van der Waals surface area contributed by atoms with E-state index in [-0.39, 0.29) is 0 Å². The van der Waals surface area contributed by atoms with Gasteiger partial charge in [0.25, 0.3) is 0 Å². The Balaban J connectivity index is 2.89. The fourth-order valence-corrected chi connectivity index (χ4v) is 1.06. The molecular weight excluding hydrogens is 120 g/mol. The second kappa shape index (κ2) is 2.14. The zero-order chi connectivity index (χ0) is 6.81. The van der Waals surface area contributed by atoms with E-state index in [1.54, 1.807) is 0 Å². The Morgan fingerprint density at radius 1 is 0.900 bits per heavy atom. The number of hydrogen-bond acceptors (Lipinski definition) is 0.